The number of hydrogen-bond acceptors (Lipinski definition) is 4. The molecule has 17 heavy (non-hydrogen) atoms. The third-order valence-electron chi connectivity index (χ3n) is 2.19. The predicted octanol–water partition coefficient (Wildman–Crippen LogP) is 2.04. The van der Waals surface area contributed by atoms with Crippen LogP contribution in [0.15, 0.2) is 34.9 Å². The van der Waals surface area contributed by atoms with Crippen molar-refractivity contribution in [2.24, 2.45) is 0 Å². The van der Waals surface area contributed by atoms with E-state index in [0.717, 1.165) is 0 Å². The quantitative estimate of drug-likeness (QED) is 0.694. The number of hydrogen-bond donors (Lipinski definition) is 1. The van der Waals surface area contributed by atoms with E-state index in [4.69, 9.17) is 5.11 Å². The predicted molar refractivity (Wildman–Crippen MR) is 63.8 cm³/mol. The Morgan fingerprint density at radius 3 is 2.82 bits per heavy atom. The van der Waals surface area contributed by atoms with Gasteiger partial charge >= 0.3 is 0 Å². The molecular weight excluding hydrogens is 290 g/mol. The van der Waals surface area contributed by atoms with Crippen molar-refractivity contribution in [3.63, 3.8) is 0 Å². The highest BCUT2D eigenvalue weighted by Gasteiger charge is 2.16. The highest BCUT2D eigenvalue weighted by molar-refractivity contribution is 9.10. The standard InChI is InChI=1S/C10H8BrN3O3/c11-7-1-2-9(10(5-7)14(16)17)13-4-3-8(6-15)12-13/h1-5,15H,6H2. The van der Waals surface area contributed by atoms with Crippen LogP contribution in [0.2, 0.25) is 0 Å². The second-order valence-corrected chi connectivity index (χ2v) is 4.22. The van der Waals surface area contributed by atoms with Crippen LogP contribution < -0.4 is 0 Å². The number of nitrogens with zero attached hydrogens (tertiary/aromatic N) is 3. The van der Waals surface area contributed by atoms with E-state index in [1.807, 2.05) is 0 Å². The molecule has 0 radical (unpaired) electrons. The monoisotopic (exact) mass is 297 g/mol. The maximum absolute atomic E-state index is 10.9. The summed E-state index contributed by atoms with van der Waals surface area (Å²) in [6, 6.07) is 6.31. The van der Waals surface area contributed by atoms with Gasteiger partial charge in [0.1, 0.15) is 5.69 Å². The molecule has 0 fully saturated rings. The molecule has 0 saturated carbocycles. The van der Waals surface area contributed by atoms with E-state index >= 15 is 0 Å². The smallest absolute Gasteiger partial charge is 0.295 e. The SMILES string of the molecule is O=[N+]([O-])c1cc(Br)ccc1-n1ccc(CO)n1. The van der Waals surface area contributed by atoms with E-state index in [0.29, 0.717) is 15.9 Å². The lowest BCUT2D eigenvalue weighted by atomic mass is 10.3. The molecule has 0 atom stereocenters. The summed E-state index contributed by atoms with van der Waals surface area (Å²) in [5, 5.41) is 23.8. The lowest BCUT2D eigenvalue weighted by Crippen LogP contribution is -2.01. The van der Waals surface area contributed by atoms with E-state index in [1.165, 1.54) is 10.7 Å². The van der Waals surface area contributed by atoms with E-state index in [2.05, 4.69) is 21.0 Å². The summed E-state index contributed by atoms with van der Waals surface area (Å²) in [5.41, 5.74) is 0.770. The van der Waals surface area contributed by atoms with Crippen molar-refractivity contribution in [3.8, 4) is 5.69 Å². The Morgan fingerprint density at radius 1 is 1.47 bits per heavy atom. The average Bonchev–Trinajstić information content (AvgIpc) is 2.77. The first-order chi connectivity index (χ1) is 8.11. The summed E-state index contributed by atoms with van der Waals surface area (Å²) in [6.45, 7) is -0.197. The molecule has 0 amide bonds. The molecule has 6 nitrogen and oxygen atoms in total. The number of rotatable bonds is 3. The highest BCUT2D eigenvalue weighted by atomic mass is 79.9. The van der Waals surface area contributed by atoms with Crippen LogP contribution in [-0.2, 0) is 6.61 Å². The molecule has 0 aliphatic rings. The molecule has 2 rings (SSSR count). The van der Waals surface area contributed by atoms with E-state index < -0.39 is 4.92 Å². The molecule has 1 aromatic heterocycles. The number of nitro groups is 1. The van der Waals surface area contributed by atoms with Crippen molar-refractivity contribution < 1.29 is 10.0 Å². The molecular formula is C10H8BrN3O3. The Labute approximate surface area is 105 Å². The van der Waals surface area contributed by atoms with Crippen molar-refractivity contribution in [1.82, 2.24) is 9.78 Å². The zero-order valence-corrected chi connectivity index (χ0v) is 10.2. The fourth-order valence-corrected chi connectivity index (χ4v) is 1.77. The minimum absolute atomic E-state index is 0.0491. The molecule has 7 heteroatoms. The Kier molecular flexibility index (Phi) is 3.21. The molecule has 1 heterocycles. The number of nitro benzene ring substituents is 1. The summed E-state index contributed by atoms with van der Waals surface area (Å²) >= 11 is 3.18. The first kappa shape index (κ1) is 11.7. The molecule has 0 bridgehead atoms. The Hall–Kier alpha value is -1.73. The van der Waals surface area contributed by atoms with E-state index in [-0.39, 0.29) is 12.3 Å². The van der Waals surface area contributed by atoms with Gasteiger partial charge < -0.3 is 5.11 Å². The lowest BCUT2D eigenvalue weighted by Gasteiger charge is -2.03. The summed E-state index contributed by atoms with van der Waals surface area (Å²) in [7, 11) is 0. The van der Waals surface area contributed by atoms with Crippen molar-refractivity contribution in [2.75, 3.05) is 0 Å². The first-order valence-corrected chi connectivity index (χ1v) is 5.51. The molecule has 0 saturated heterocycles. The van der Waals surface area contributed by atoms with Gasteiger partial charge in [0.05, 0.1) is 17.2 Å². The largest absolute Gasteiger partial charge is 0.390 e. The molecule has 0 aliphatic heterocycles. The Morgan fingerprint density at radius 2 is 2.24 bits per heavy atom. The minimum atomic E-state index is -0.472. The second-order valence-electron chi connectivity index (χ2n) is 3.30. The second kappa shape index (κ2) is 4.64. The van der Waals surface area contributed by atoms with Crippen LogP contribution in [0.25, 0.3) is 5.69 Å². The van der Waals surface area contributed by atoms with Crippen molar-refractivity contribution in [2.45, 2.75) is 6.61 Å². The molecule has 1 N–H and O–H groups in total. The number of aromatic nitrogens is 2. The summed E-state index contributed by atoms with van der Waals surface area (Å²) in [6.07, 6.45) is 1.57. The van der Waals surface area contributed by atoms with Gasteiger partial charge in [0.25, 0.3) is 5.69 Å². The number of aliphatic hydroxyl groups excluding tert-OH is 1. The van der Waals surface area contributed by atoms with Crippen LogP contribution in [0.5, 0.6) is 0 Å². The van der Waals surface area contributed by atoms with Crippen LogP contribution in [0.3, 0.4) is 0 Å². The van der Waals surface area contributed by atoms with Crippen LogP contribution in [0, 0.1) is 10.1 Å². The van der Waals surface area contributed by atoms with Crippen molar-refractivity contribution in [1.29, 1.82) is 0 Å². The molecule has 88 valence electrons. The van der Waals surface area contributed by atoms with Gasteiger partial charge in [-0.15, -0.1) is 0 Å². The fraction of sp³-hybridized carbons (Fsp3) is 0.100. The Balaban J connectivity index is 2.54. The zero-order chi connectivity index (χ0) is 12.4. The van der Waals surface area contributed by atoms with Crippen molar-refractivity contribution in [3.05, 3.63) is 50.7 Å². The van der Waals surface area contributed by atoms with Gasteiger partial charge in [-0.05, 0) is 18.2 Å². The van der Waals surface area contributed by atoms with E-state index in [9.17, 15) is 10.1 Å². The summed E-state index contributed by atoms with van der Waals surface area (Å²) < 4.78 is 2.00. The number of aliphatic hydroxyl groups is 1. The lowest BCUT2D eigenvalue weighted by molar-refractivity contribution is -0.384. The van der Waals surface area contributed by atoms with Crippen LogP contribution in [0.1, 0.15) is 5.69 Å². The van der Waals surface area contributed by atoms with Gasteiger partial charge in [-0.1, -0.05) is 15.9 Å². The first-order valence-electron chi connectivity index (χ1n) is 4.71. The zero-order valence-electron chi connectivity index (χ0n) is 8.58. The van der Waals surface area contributed by atoms with Crippen LogP contribution in [-0.4, -0.2) is 19.8 Å². The van der Waals surface area contributed by atoms with Gasteiger partial charge in [0, 0.05) is 16.7 Å². The minimum Gasteiger partial charge on any atom is -0.390 e. The van der Waals surface area contributed by atoms with Crippen molar-refractivity contribution >= 4 is 21.6 Å². The fourth-order valence-electron chi connectivity index (χ4n) is 1.42. The van der Waals surface area contributed by atoms with E-state index in [1.54, 1.807) is 24.4 Å². The highest BCUT2D eigenvalue weighted by Crippen LogP contribution is 2.26. The maximum atomic E-state index is 10.9. The van der Waals surface area contributed by atoms with Gasteiger partial charge in [-0.3, -0.25) is 10.1 Å². The topological polar surface area (TPSA) is 81.2 Å². The molecule has 0 unspecified atom stereocenters. The molecule has 0 spiro atoms. The summed E-state index contributed by atoms with van der Waals surface area (Å²) in [4.78, 5) is 10.4. The summed E-state index contributed by atoms with van der Waals surface area (Å²) in [5.74, 6) is 0. The third kappa shape index (κ3) is 2.34. The maximum Gasteiger partial charge on any atom is 0.295 e. The van der Waals surface area contributed by atoms with Gasteiger partial charge in [-0.2, -0.15) is 5.10 Å². The normalized spacial score (nSPS) is 10.5. The van der Waals surface area contributed by atoms with Gasteiger partial charge in [0.15, 0.2) is 0 Å². The molecule has 2 aromatic rings. The molecule has 1 aromatic carbocycles. The number of halogens is 1. The number of benzene rings is 1. The van der Waals surface area contributed by atoms with Crippen LogP contribution in [0.4, 0.5) is 5.69 Å². The van der Waals surface area contributed by atoms with Crippen LogP contribution >= 0.6 is 15.9 Å². The average molecular weight is 298 g/mol. The third-order valence-corrected chi connectivity index (χ3v) is 2.68. The van der Waals surface area contributed by atoms with Gasteiger partial charge in [0.2, 0.25) is 0 Å². The Bertz CT molecular complexity index is 568. The molecule has 0 aliphatic carbocycles. The van der Waals surface area contributed by atoms with Gasteiger partial charge in [-0.25, -0.2) is 4.68 Å².